The molecule has 1 amide bonds. The molecule has 1 aromatic heterocycles. The van der Waals surface area contributed by atoms with Gasteiger partial charge < -0.3 is 15.2 Å². The average Bonchev–Trinajstić information content (AvgIpc) is 2.64. The van der Waals surface area contributed by atoms with Crippen molar-refractivity contribution in [3.8, 4) is 17.2 Å². The molecule has 0 aliphatic rings. The van der Waals surface area contributed by atoms with Crippen LogP contribution in [-0.2, 0) is 0 Å². The van der Waals surface area contributed by atoms with E-state index in [1.165, 1.54) is 7.11 Å². The number of carbonyl (C=O) groups excluding carboxylic acids is 1. The van der Waals surface area contributed by atoms with Gasteiger partial charge in [0.2, 0.25) is 0 Å². The smallest absolute Gasteiger partial charge is 0.280 e. The number of aryl methyl sites for hydroxylation is 2. The Bertz CT molecular complexity index is 1100. The topological polar surface area (TPSA) is 93.5 Å². The van der Waals surface area contributed by atoms with E-state index in [-0.39, 0.29) is 5.69 Å². The number of anilines is 1. The number of hydrogen-bond acceptors (Lipinski definition) is 5. The Morgan fingerprint density at radius 1 is 1.21 bits per heavy atom. The first kappa shape index (κ1) is 19.4. The molecular formula is C20H18ClN3O4. The minimum Gasteiger partial charge on any atom is -0.505 e. The highest BCUT2D eigenvalue weighted by Gasteiger charge is 2.20. The molecule has 8 heteroatoms. The highest BCUT2D eigenvalue weighted by molar-refractivity contribution is 6.34. The molecule has 7 nitrogen and oxygen atoms in total. The molecule has 28 heavy (non-hydrogen) atoms. The fourth-order valence-corrected chi connectivity index (χ4v) is 3.20. The summed E-state index contributed by atoms with van der Waals surface area (Å²) >= 11 is 6.23. The molecule has 0 radical (unpaired) electrons. The number of ether oxygens (including phenoxy) is 1. The number of aromatic nitrogens is 2. The van der Waals surface area contributed by atoms with Crippen molar-refractivity contribution in [2.75, 3.05) is 12.4 Å². The van der Waals surface area contributed by atoms with Gasteiger partial charge in [0.15, 0.2) is 11.4 Å². The summed E-state index contributed by atoms with van der Waals surface area (Å²) < 4.78 is 6.24. The summed E-state index contributed by atoms with van der Waals surface area (Å²) in [5, 5.41) is 17.2. The highest BCUT2D eigenvalue weighted by atomic mass is 35.5. The number of amides is 1. The lowest BCUT2D eigenvalue weighted by Crippen LogP contribution is -2.25. The van der Waals surface area contributed by atoms with Crippen LogP contribution in [0.5, 0.6) is 11.5 Å². The zero-order valence-corrected chi connectivity index (χ0v) is 16.2. The van der Waals surface area contributed by atoms with E-state index in [2.05, 4.69) is 10.4 Å². The van der Waals surface area contributed by atoms with Crippen LogP contribution in [0.15, 0.2) is 47.3 Å². The van der Waals surface area contributed by atoms with E-state index in [0.717, 1.165) is 21.9 Å². The number of para-hydroxylation sites is 2. The van der Waals surface area contributed by atoms with Gasteiger partial charge in [0.25, 0.3) is 11.5 Å². The molecule has 1 heterocycles. The monoisotopic (exact) mass is 399 g/mol. The highest BCUT2D eigenvalue weighted by Crippen LogP contribution is 2.28. The van der Waals surface area contributed by atoms with Gasteiger partial charge in [-0.3, -0.25) is 9.59 Å². The molecule has 3 rings (SSSR count). The maximum atomic E-state index is 12.7. The van der Waals surface area contributed by atoms with Crippen LogP contribution in [0, 0.1) is 13.8 Å². The van der Waals surface area contributed by atoms with Crippen molar-refractivity contribution < 1.29 is 14.6 Å². The summed E-state index contributed by atoms with van der Waals surface area (Å²) in [6.07, 6.45) is 0. The van der Waals surface area contributed by atoms with Crippen LogP contribution in [0.4, 0.5) is 5.69 Å². The lowest BCUT2D eigenvalue weighted by Gasteiger charge is -2.14. The Morgan fingerprint density at radius 2 is 1.93 bits per heavy atom. The molecule has 0 bridgehead atoms. The Hall–Kier alpha value is -3.32. The summed E-state index contributed by atoms with van der Waals surface area (Å²) in [7, 11) is 1.46. The first-order valence-electron chi connectivity index (χ1n) is 8.36. The molecule has 2 aromatic carbocycles. The summed E-state index contributed by atoms with van der Waals surface area (Å²) in [4.78, 5) is 25.1. The second kappa shape index (κ2) is 7.74. The van der Waals surface area contributed by atoms with Crippen molar-refractivity contribution in [1.29, 1.82) is 0 Å². The van der Waals surface area contributed by atoms with Gasteiger partial charge in [-0.05, 0) is 43.2 Å². The van der Waals surface area contributed by atoms with Gasteiger partial charge in [-0.15, -0.1) is 0 Å². The number of nitrogens with one attached hydrogen (secondary N) is 1. The van der Waals surface area contributed by atoms with E-state index in [4.69, 9.17) is 16.3 Å². The lowest BCUT2D eigenvalue weighted by atomic mass is 10.1. The normalized spacial score (nSPS) is 10.6. The lowest BCUT2D eigenvalue weighted by molar-refractivity contribution is 0.101. The van der Waals surface area contributed by atoms with Gasteiger partial charge in [0.1, 0.15) is 11.4 Å². The Kier molecular flexibility index (Phi) is 5.37. The standard InChI is InChI=1S/C20H18ClN3O4/c1-11-8-12(2)18(13(21)9-11)22-20(27)19-15(25)10-17(26)24(23-19)14-6-4-5-7-16(14)28-3/h4-10,25H,1-3H3,(H,22,27). The molecule has 0 atom stereocenters. The molecule has 0 unspecified atom stereocenters. The van der Waals surface area contributed by atoms with Crippen LogP contribution in [0.25, 0.3) is 5.69 Å². The van der Waals surface area contributed by atoms with Crippen LogP contribution in [0.3, 0.4) is 0 Å². The maximum Gasteiger partial charge on any atom is 0.280 e. The summed E-state index contributed by atoms with van der Waals surface area (Å²) in [5.74, 6) is -0.837. The number of hydrogen-bond donors (Lipinski definition) is 2. The minimum absolute atomic E-state index is 0.318. The van der Waals surface area contributed by atoms with Crippen LogP contribution in [0.2, 0.25) is 5.02 Å². The van der Waals surface area contributed by atoms with Crippen molar-refractivity contribution in [2.45, 2.75) is 13.8 Å². The van der Waals surface area contributed by atoms with Gasteiger partial charge >= 0.3 is 0 Å². The van der Waals surface area contributed by atoms with Crippen molar-refractivity contribution >= 4 is 23.2 Å². The molecule has 3 aromatic rings. The number of nitrogens with zero attached hydrogens (tertiary/aromatic N) is 2. The fraction of sp³-hybridized carbons (Fsp3) is 0.150. The van der Waals surface area contributed by atoms with Gasteiger partial charge in [-0.1, -0.05) is 29.8 Å². The molecular weight excluding hydrogens is 382 g/mol. The van der Waals surface area contributed by atoms with E-state index in [1.807, 2.05) is 13.0 Å². The predicted molar refractivity (Wildman–Crippen MR) is 107 cm³/mol. The number of aromatic hydroxyl groups is 1. The van der Waals surface area contributed by atoms with E-state index in [9.17, 15) is 14.7 Å². The molecule has 0 aliphatic carbocycles. The molecule has 0 saturated heterocycles. The number of rotatable bonds is 4. The first-order valence-corrected chi connectivity index (χ1v) is 8.74. The second-order valence-electron chi connectivity index (χ2n) is 6.19. The Balaban J connectivity index is 2.06. The molecule has 0 spiro atoms. The maximum absolute atomic E-state index is 12.7. The molecule has 0 aliphatic heterocycles. The Morgan fingerprint density at radius 3 is 2.61 bits per heavy atom. The molecule has 144 valence electrons. The zero-order valence-electron chi connectivity index (χ0n) is 15.5. The SMILES string of the molecule is COc1ccccc1-n1nc(C(=O)Nc2c(C)cc(C)cc2Cl)c(O)cc1=O. The van der Waals surface area contributed by atoms with Crippen molar-refractivity contribution in [3.05, 3.63) is 74.7 Å². The quantitative estimate of drug-likeness (QED) is 0.700. The van der Waals surface area contributed by atoms with Crippen LogP contribution < -0.4 is 15.6 Å². The van der Waals surface area contributed by atoms with Gasteiger partial charge in [0.05, 0.1) is 17.8 Å². The minimum atomic E-state index is -0.699. The zero-order chi connectivity index (χ0) is 20.4. The van der Waals surface area contributed by atoms with E-state index in [1.54, 1.807) is 37.3 Å². The van der Waals surface area contributed by atoms with Gasteiger partial charge in [-0.25, -0.2) is 0 Å². The van der Waals surface area contributed by atoms with Crippen LogP contribution in [0.1, 0.15) is 21.6 Å². The second-order valence-corrected chi connectivity index (χ2v) is 6.60. The number of halogens is 1. The average molecular weight is 400 g/mol. The van der Waals surface area contributed by atoms with E-state index < -0.39 is 17.2 Å². The fourth-order valence-electron chi connectivity index (χ4n) is 2.83. The van der Waals surface area contributed by atoms with Crippen molar-refractivity contribution in [1.82, 2.24) is 9.78 Å². The summed E-state index contributed by atoms with van der Waals surface area (Å²) in [6.45, 7) is 3.69. The number of carbonyl (C=O) groups is 1. The van der Waals surface area contributed by atoms with Crippen molar-refractivity contribution in [2.24, 2.45) is 0 Å². The molecule has 2 N–H and O–H groups in total. The molecule has 0 saturated carbocycles. The van der Waals surface area contributed by atoms with Crippen LogP contribution >= 0.6 is 11.6 Å². The van der Waals surface area contributed by atoms with Crippen molar-refractivity contribution in [3.63, 3.8) is 0 Å². The number of benzene rings is 2. The van der Waals surface area contributed by atoms with E-state index in [0.29, 0.717) is 22.1 Å². The molecule has 0 fully saturated rings. The number of methoxy groups -OCH3 is 1. The summed E-state index contributed by atoms with van der Waals surface area (Å²) in [5.41, 5.74) is 1.54. The predicted octanol–water partition coefficient (Wildman–Crippen LogP) is 3.47. The third-order valence-corrected chi connectivity index (χ3v) is 4.41. The third kappa shape index (κ3) is 3.70. The summed E-state index contributed by atoms with van der Waals surface area (Å²) in [6, 6.07) is 11.2. The first-order chi connectivity index (χ1) is 13.3. The van der Waals surface area contributed by atoms with Crippen LogP contribution in [-0.4, -0.2) is 27.9 Å². The van der Waals surface area contributed by atoms with Gasteiger partial charge in [0, 0.05) is 6.07 Å². The Labute approximate surface area is 166 Å². The third-order valence-electron chi connectivity index (χ3n) is 4.11. The largest absolute Gasteiger partial charge is 0.505 e. The van der Waals surface area contributed by atoms with Gasteiger partial charge in [-0.2, -0.15) is 9.78 Å². The van der Waals surface area contributed by atoms with E-state index >= 15 is 0 Å².